The van der Waals surface area contributed by atoms with Crippen LogP contribution < -0.4 is 25.8 Å². The van der Waals surface area contributed by atoms with Crippen LogP contribution in [0, 0.1) is 0 Å². The fourth-order valence-electron chi connectivity index (χ4n) is 5.34. The quantitative estimate of drug-likeness (QED) is 0.250. The minimum atomic E-state index is -0.186. The second kappa shape index (κ2) is 12.5. The molecule has 0 radical (unpaired) electrons. The van der Waals surface area contributed by atoms with Gasteiger partial charge in [-0.3, -0.25) is 14.5 Å². The average Bonchev–Trinajstić information content (AvgIpc) is 3.28. The monoisotopic (exact) mass is 588 g/mol. The van der Waals surface area contributed by atoms with E-state index < -0.39 is 0 Å². The number of rotatable bonds is 11. The number of hydrogen-bond donors (Lipinski definition) is 2. The average molecular weight is 589 g/mol. The first-order valence-electron chi connectivity index (χ1n) is 14.7. The van der Waals surface area contributed by atoms with Crippen LogP contribution in [0.4, 0.5) is 17.5 Å². The summed E-state index contributed by atoms with van der Waals surface area (Å²) in [4.78, 5) is 42.2. The van der Waals surface area contributed by atoms with E-state index in [4.69, 9.17) is 14.7 Å². The molecule has 3 aromatic heterocycles. The van der Waals surface area contributed by atoms with Gasteiger partial charge in [0.25, 0.3) is 11.5 Å². The number of thioether (sulfide) groups is 1. The number of amides is 1. The normalized spacial score (nSPS) is 14.5. The summed E-state index contributed by atoms with van der Waals surface area (Å²) >= 11 is 1.83. The maximum absolute atomic E-state index is 13.5. The molecule has 42 heavy (non-hydrogen) atoms. The van der Waals surface area contributed by atoms with Crippen molar-refractivity contribution in [3.8, 4) is 11.6 Å². The van der Waals surface area contributed by atoms with Gasteiger partial charge in [-0.15, -0.1) is 0 Å². The summed E-state index contributed by atoms with van der Waals surface area (Å²) in [5.41, 5.74) is 3.74. The Labute approximate surface area is 248 Å². The van der Waals surface area contributed by atoms with E-state index in [1.807, 2.05) is 30.8 Å². The Morgan fingerprint density at radius 3 is 2.81 bits per heavy atom. The van der Waals surface area contributed by atoms with Crippen molar-refractivity contribution in [2.75, 3.05) is 41.4 Å². The van der Waals surface area contributed by atoms with Gasteiger partial charge in [-0.1, -0.05) is 26.3 Å². The minimum Gasteiger partial charge on any atom is -0.480 e. The highest BCUT2D eigenvalue weighted by molar-refractivity contribution is 7.99. The molecule has 0 atom stereocenters. The van der Waals surface area contributed by atoms with Crippen molar-refractivity contribution in [2.45, 2.75) is 52.6 Å². The number of fused-ring (bicyclic) bond motifs is 3. The predicted octanol–water partition coefficient (Wildman–Crippen LogP) is 4.04. The molecular formula is C30H36N8O3S. The van der Waals surface area contributed by atoms with E-state index in [0.29, 0.717) is 47.5 Å². The van der Waals surface area contributed by atoms with E-state index in [1.54, 1.807) is 26.5 Å². The second-order valence-corrected chi connectivity index (χ2v) is 11.7. The maximum atomic E-state index is 13.5. The highest BCUT2D eigenvalue weighted by atomic mass is 32.2. The first kappa shape index (κ1) is 28.2. The number of hydrogen-bond acceptors (Lipinski definition) is 9. The molecule has 0 unspecified atom stereocenters. The molecule has 6 rings (SSSR count). The molecule has 12 heteroatoms. The number of carbonyl (C=O) groups is 1. The summed E-state index contributed by atoms with van der Waals surface area (Å²) in [6, 6.07) is 9.90. The molecule has 2 aliphatic heterocycles. The highest BCUT2D eigenvalue weighted by Crippen LogP contribution is 2.32. The Balaban J connectivity index is 1.37. The minimum absolute atomic E-state index is 0.0122. The number of carbonyl (C=O) groups excluding carboxylic acids is 1. The third-order valence-electron chi connectivity index (χ3n) is 7.51. The van der Waals surface area contributed by atoms with E-state index in [1.165, 1.54) is 11.1 Å². The van der Waals surface area contributed by atoms with Crippen molar-refractivity contribution in [2.24, 2.45) is 0 Å². The van der Waals surface area contributed by atoms with Gasteiger partial charge in [0.2, 0.25) is 5.95 Å². The standard InChI is InChI=1S/C30H36N8O3S/c1-3-5-14-42-15-13-36-26(39)19-41-24-8-9-25(34-28(24)36)38-27-23(29(40)37(38)12-4-2)18-32-30(35-27)33-22-7-6-20-10-11-31-17-21(20)16-22/h6-9,16,18,31H,3-5,10-15,17,19H2,1-2H3,(H,32,33,35). The van der Waals surface area contributed by atoms with E-state index in [-0.39, 0.29) is 18.1 Å². The summed E-state index contributed by atoms with van der Waals surface area (Å²) < 4.78 is 9.09. The third-order valence-corrected chi connectivity index (χ3v) is 8.56. The second-order valence-electron chi connectivity index (χ2n) is 10.5. The van der Waals surface area contributed by atoms with Crippen molar-refractivity contribution < 1.29 is 9.53 Å². The van der Waals surface area contributed by atoms with E-state index in [9.17, 15) is 9.59 Å². The van der Waals surface area contributed by atoms with Crippen LogP contribution in [-0.2, 0) is 24.3 Å². The van der Waals surface area contributed by atoms with Crippen molar-refractivity contribution in [1.82, 2.24) is 29.6 Å². The lowest BCUT2D eigenvalue weighted by atomic mass is 10.0. The Hall–Kier alpha value is -3.90. The Kier molecular flexibility index (Phi) is 8.43. The summed E-state index contributed by atoms with van der Waals surface area (Å²) in [5, 5.41) is 7.13. The van der Waals surface area contributed by atoms with Crippen LogP contribution in [0.2, 0.25) is 0 Å². The molecule has 11 nitrogen and oxygen atoms in total. The first-order valence-corrected chi connectivity index (χ1v) is 15.8. The van der Waals surface area contributed by atoms with Crippen LogP contribution in [-0.4, -0.2) is 61.4 Å². The van der Waals surface area contributed by atoms with Crippen LogP contribution in [0.3, 0.4) is 0 Å². The molecule has 220 valence electrons. The molecule has 0 fully saturated rings. The Bertz CT molecular complexity index is 1670. The molecule has 0 bridgehead atoms. The van der Waals surface area contributed by atoms with E-state index >= 15 is 0 Å². The van der Waals surface area contributed by atoms with Gasteiger partial charge in [-0.05, 0) is 67.0 Å². The van der Waals surface area contributed by atoms with Gasteiger partial charge in [0.1, 0.15) is 5.39 Å². The fourth-order valence-corrected chi connectivity index (χ4v) is 6.35. The zero-order chi connectivity index (χ0) is 29.1. The molecule has 0 aliphatic carbocycles. The Morgan fingerprint density at radius 2 is 1.95 bits per heavy atom. The highest BCUT2D eigenvalue weighted by Gasteiger charge is 2.28. The van der Waals surface area contributed by atoms with Gasteiger partial charge in [-0.2, -0.15) is 16.7 Å². The lowest BCUT2D eigenvalue weighted by molar-refractivity contribution is -0.121. The van der Waals surface area contributed by atoms with Crippen LogP contribution in [0.25, 0.3) is 16.9 Å². The SMILES string of the molecule is CCCCSCCN1C(=O)COc2ccc(-n3c4nc(Nc5ccc6c(c5)CNCC6)ncc4c(=O)n3CCC)nc21. The fraction of sp³-hybridized carbons (Fsp3) is 0.433. The van der Waals surface area contributed by atoms with Gasteiger partial charge in [0, 0.05) is 37.3 Å². The number of pyridine rings is 1. The van der Waals surface area contributed by atoms with Crippen LogP contribution in [0.5, 0.6) is 5.75 Å². The molecule has 5 heterocycles. The number of nitrogens with one attached hydrogen (secondary N) is 2. The van der Waals surface area contributed by atoms with Crippen molar-refractivity contribution in [3.63, 3.8) is 0 Å². The van der Waals surface area contributed by atoms with Crippen molar-refractivity contribution >= 4 is 46.2 Å². The Morgan fingerprint density at radius 1 is 1.05 bits per heavy atom. The summed E-state index contributed by atoms with van der Waals surface area (Å²) in [7, 11) is 0. The van der Waals surface area contributed by atoms with E-state index in [2.05, 4.69) is 34.7 Å². The molecule has 2 N–H and O–H groups in total. The van der Waals surface area contributed by atoms with Gasteiger partial charge >= 0.3 is 0 Å². The topological polar surface area (TPSA) is 119 Å². The van der Waals surface area contributed by atoms with Crippen LogP contribution in [0.15, 0.2) is 41.3 Å². The third kappa shape index (κ3) is 5.60. The molecule has 1 amide bonds. The molecule has 1 aromatic carbocycles. The lowest BCUT2D eigenvalue weighted by Crippen LogP contribution is -2.41. The number of unbranched alkanes of at least 4 members (excludes halogenated alkanes) is 1. The maximum Gasteiger partial charge on any atom is 0.278 e. The number of ether oxygens (including phenoxy) is 1. The number of nitrogens with zero attached hydrogens (tertiary/aromatic N) is 6. The smallest absolute Gasteiger partial charge is 0.278 e. The summed E-state index contributed by atoms with van der Waals surface area (Å²) in [5.74, 6) is 3.64. The van der Waals surface area contributed by atoms with Crippen molar-refractivity contribution in [3.05, 3.63) is 58.0 Å². The molecule has 4 aromatic rings. The lowest BCUT2D eigenvalue weighted by Gasteiger charge is -2.28. The van der Waals surface area contributed by atoms with Gasteiger partial charge in [-0.25, -0.2) is 19.3 Å². The zero-order valence-corrected chi connectivity index (χ0v) is 24.9. The zero-order valence-electron chi connectivity index (χ0n) is 24.1. The molecule has 0 saturated carbocycles. The predicted molar refractivity (Wildman–Crippen MR) is 166 cm³/mol. The van der Waals surface area contributed by atoms with Crippen LogP contribution >= 0.6 is 11.8 Å². The van der Waals surface area contributed by atoms with Crippen LogP contribution in [0.1, 0.15) is 44.2 Å². The molecular weight excluding hydrogens is 552 g/mol. The number of benzene rings is 1. The molecule has 0 spiro atoms. The largest absolute Gasteiger partial charge is 0.480 e. The molecule has 0 saturated heterocycles. The van der Waals surface area contributed by atoms with Crippen molar-refractivity contribution in [1.29, 1.82) is 0 Å². The van der Waals surface area contributed by atoms with Gasteiger partial charge in [0.05, 0.1) is 0 Å². The number of aromatic nitrogens is 5. The summed E-state index contributed by atoms with van der Waals surface area (Å²) in [6.07, 6.45) is 5.62. The summed E-state index contributed by atoms with van der Waals surface area (Å²) in [6.45, 7) is 7.01. The first-order chi connectivity index (χ1) is 20.6. The molecule has 2 aliphatic rings. The van der Waals surface area contributed by atoms with E-state index in [0.717, 1.165) is 56.0 Å². The number of anilines is 3. The van der Waals surface area contributed by atoms with Gasteiger partial charge < -0.3 is 15.4 Å². The van der Waals surface area contributed by atoms with Gasteiger partial charge in [0.15, 0.2) is 29.6 Å².